The zero-order valence-corrected chi connectivity index (χ0v) is 18.0. The minimum Gasteiger partial charge on any atom is -0.312 e. The minimum atomic E-state index is -0.666. The van der Waals surface area contributed by atoms with E-state index in [4.69, 9.17) is 4.98 Å². The van der Waals surface area contributed by atoms with E-state index in [2.05, 4.69) is 39.0 Å². The number of nitrogens with zero attached hydrogens (tertiary/aromatic N) is 4. The van der Waals surface area contributed by atoms with Crippen molar-refractivity contribution in [1.29, 1.82) is 0 Å². The lowest BCUT2D eigenvalue weighted by molar-refractivity contribution is 0.242. The number of halogens is 2. The standard InChI is InChI=1S/C24H20F2N6O/c1-23(2)13-6-7-24(23,19-11-27-9-17(29-19)18-10-28-22(33)30-18)21-12(13)8-16(31-32-21)20-14(25)4-3-5-15(20)26/h3-5,8-11,13H,6-7H2,1-2H3,(H2,28,30,33)/t13-,24-/m0/s1. The first kappa shape index (κ1) is 19.9. The fraction of sp³-hybridized carbons (Fsp3) is 0.292. The van der Waals surface area contributed by atoms with Crippen LogP contribution in [0.2, 0.25) is 0 Å². The third kappa shape index (κ3) is 2.56. The molecular weight excluding hydrogens is 426 g/mol. The van der Waals surface area contributed by atoms with Crippen LogP contribution in [0.1, 0.15) is 49.6 Å². The van der Waals surface area contributed by atoms with E-state index < -0.39 is 17.0 Å². The molecule has 9 heteroatoms. The molecule has 2 atom stereocenters. The van der Waals surface area contributed by atoms with Crippen molar-refractivity contribution >= 4 is 0 Å². The number of H-pyrrole nitrogens is 2. The summed E-state index contributed by atoms with van der Waals surface area (Å²) in [5, 5.41) is 8.79. The zero-order valence-electron chi connectivity index (χ0n) is 18.0. The van der Waals surface area contributed by atoms with E-state index in [1.165, 1.54) is 18.2 Å². The van der Waals surface area contributed by atoms with Gasteiger partial charge in [0, 0.05) is 12.4 Å². The van der Waals surface area contributed by atoms with Gasteiger partial charge in [-0.1, -0.05) is 19.9 Å². The van der Waals surface area contributed by atoms with E-state index in [-0.39, 0.29) is 28.3 Å². The molecule has 1 saturated carbocycles. The minimum absolute atomic E-state index is 0.133. The van der Waals surface area contributed by atoms with E-state index in [9.17, 15) is 13.6 Å². The first-order valence-electron chi connectivity index (χ1n) is 10.8. The smallest absolute Gasteiger partial charge is 0.312 e. The number of imidazole rings is 1. The van der Waals surface area contributed by atoms with Gasteiger partial charge in [-0.2, -0.15) is 5.10 Å². The van der Waals surface area contributed by atoms with Gasteiger partial charge < -0.3 is 9.97 Å². The van der Waals surface area contributed by atoms with E-state index >= 15 is 0 Å². The van der Waals surface area contributed by atoms with Crippen LogP contribution < -0.4 is 5.69 Å². The lowest BCUT2D eigenvalue weighted by Crippen LogP contribution is -2.38. The summed E-state index contributed by atoms with van der Waals surface area (Å²) in [6.45, 7) is 4.34. The second kappa shape index (κ2) is 6.63. The van der Waals surface area contributed by atoms with Crippen LogP contribution >= 0.6 is 0 Å². The first-order valence-corrected chi connectivity index (χ1v) is 10.8. The van der Waals surface area contributed by atoms with Crippen molar-refractivity contribution in [3.63, 3.8) is 0 Å². The highest BCUT2D eigenvalue weighted by Gasteiger charge is 2.65. The molecular formula is C24H20F2N6O. The van der Waals surface area contributed by atoms with E-state index in [0.717, 1.165) is 29.8 Å². The van der Waals surface area contributed by atoms with E-state index in [0.29, 0.717) is 11.4 Å². The Kier molecular flexibility index (Phi) is 4.00. The maximum Gasteiger partial charge on any atom is 0.323 e. The molecule has 0 saturated heterocycles. The molecule has 0 amide bonds. The van der Waals surface area contributed by atoms with Crippen molar-refractivity contribution < 1.29 is 8.78 Å². The Morgan fingerprint density at radius 2 is 1.88 bits per heavy atom. The molecule has 0 radical (unpaired) electrons. The lowest BCUT2D eigenvalue weighted by Gasteiger charge is -2.37. The Bertz CT molecular complexity index is 1460. The van der Waals surface area contributed by atoms with Crippen LogP contribution in [0.25, 0.3) is 22.6 Å². The summed E-state index contributed by atoms with van der Waals surface area (Å²) in [4.78, 5) is 26.1. The maximum atomic E-state index is 14.4. The average molecular weight is 446 g/mol. The highest BCUT2D eigenvalue weighted by atomic mass is 19.1. The summed E-state index contributed by atoms with van der Waals surface area (Å²) in [5.41, 5.74) is 2.45. The number of fused-ring (bicyclic) bond motifs is 5. The van der Waals surface area contributed by atoms with Gasteiger partial charge in [0.05, 0.1) is 40.0 Å². The van der Waals surface area contributed by atoms with Crippen LogP contribution in [-0.2, 0) is 5.41 Å². The van der Waals surface area contributed by atoms with Gasteiger partial charge in [0.2, 0.25) is 0 Å². The van der Waals surface area contributed by atoms with Crippen LogP contribution in [0, 0.1) is 17.0 Å². The molecule has 0 unspecified atom stereocenters. The number of nitrogens with one attached hydrogen (secondary N) is 2. The Labute approximate surface area is 187 Å². The Balaban J connectivity index is 1.53. The van der Waals surface area contributed by atoms with Gasteiger partial charge in [-0.05, 0) is 47.9 Å². The Hall–Kier alpha value is -3.75. The maximum absolute atomic E-state index is 14.4. The van der Waals surface area contributed by atoms with Gasteiger partial charge >= 0.3 is 5.69 Å². The summed E-state index contributed by atoms with van der Waals surface area (Å²) in [6.07, 6.45) is 6.59. The summed E-state index contributed by atoms with van der Waals surface area (Å²) in [5.74, 6) is -1.20. The van der Waals surface area contributed by atoms with Gasteiger partial charge in [-0.3, -0.25) is 4.98 Å². The van der Waals surface area contributed by atoms with E-state index in [1.807, 2.05) is 0 Å². The monoisotopic (exact) mass is 446 g/mol. The van der Waals surface area contributed by atoms with Crippen molar-refractivity contribution in [2.75, 3.05) is 0 Å². The fourth-order valence-corrected chi connectivity index (χ4v) is 5.93. The van der Waals surface area contributed by atoms with Crippen LogP contribution in [0.4, 0.5) is 8.78 Å². The largest absolute Gasteiger partial charge is 0.323 e. The average Bonchev–Trinajstić information content (AvgIpc) is 3.40. The third-order valence-corrected chi connectivity index (χ3v) is 7.54. The van der Waals surface area contributed by atoms with Gasteiger partial charge in [-0.25, -0.2) is 18.6 Å². The van der Waals surface area contributed by atoms with Crippen LogP contribution in [0.5, 0.6) is 0 Å². The van der Waals surface area contributed by atoms with Gasteiger partial charge in [0.25, 0.3) is 0 Å². The predicted molar refractivity (Wildman–Crippen MR) is 116 cm³/mol. The van der Waals surface area contributed by atoms with Crippen molar-refractivity contribution in [2.24, 2.45) is 5.41 Å². The Morgan fingerprint density at radius 3 is 2.61 bits per heavy atom. The highest BCUT2D eigenvalue weighted by Crippen LogP contribution is 2.69. The molecule has 3 aromatic heterocycles. The number of hydrogen-bond acceptors (Lipinski definition) is 5. The third-order valence-electron chi connectivity index (χ3n) is 7.54. The predicted octanol–water partition coefficient (Wildman–Crippen LogP) is 4.10. The van der Waals surface area contributed by atoms with Crippen LogP contribution in [-0.4, -0.2) is 30.1 Å². The highest BCUT2D eigenvalue weighted by molar-refractivity contribution is 5.64. The van der Waals surface area contributed by atoms with Gasteiger partial charge in [-0.15, -0.1) is 5.10 Å². The number of aromatic nitrogens is 6. The molecule has 0 aliphatic heterocycles. The summed E-state index contributed by atoms with van der Waals surface area (Å²) in [6, 6.07) is 5.55. The fourth-order valence-electron chi connectivity index (χ4n) is 5.93. The second-order valence-electron chi connectivity index (χ2n) is 9.29. The molecule has 33 heavy (non-hydrogen) atoms. The molecule has 0 spiro atoms. The molecule has 6 rings (SSSR count). The van der Waals surface area contributed by atoms with Crippen LogP contribution in [0.3, 0.4) is 0 Å². The number of benzene rings is 1. The molecule has 2 aliphatic rings. The lowest BCUT2D eigenvalue weighted by atomic mass is 9.66. The molecule has 2 N–H and O–H groups in total. The van der Waals surface area contributed by atoms with Gasteiger partial charge in [0.15, 0.2) is 0 Å². The van der Waals surface area contributed by atoms with Crippen molar-refractivity contribution in [3.8, 4) is 22.6 Å². The van der Waals surface area contributed by atoms with Gasteiger partial charge in [0.1, 0.15) is 17.3 Å². The first-order chi connectivity index (χ1) is 15.8. The zero-order chi connectivity index (χ0) is 23.0. The number of aromatic amines is 2. The van der Waals surface area contributed by atoms with Crippen LogP contribution in [0.15, 0.2) is 47.7 Å². The number of hydrogen-bond donors (Lipinski definition) is 2. The van der Waals surface area contributed by atoms with Crippen molar-refractivity contribution in [2.45, 2.75) is 38.0 Å². The molecule has 2 aliphatic carbocycles. The SMILES string of the molecule is CC1(C)[C@H]2CC[C@]1(c1cncc(-c3c[nH]c(=O)[nH]3)n1)c1nnc(-c3c(F)cccc3F)cc12. The summed E-state index contributed by atoms with van der Waals surface area (Å²) < 4.78 is 28.8. The quantitative estimate of drug-likeness (QED) is 0.494. The molecule has 166 valence electrons. The van der Waals surface area contributed by atoms with E-state index in [1.54, 1.807) is 24.7 Å². The summed E-state index contributed by atoms with van der Waals surface area (Å²) >= 11 is 0. The molecule has 1 aromatic carbocycles. The molecule has 2 bridgehead atoms. The summed E-state index contributed by atoms with van der Waals surface area (Å²) in [7, 11) is 0. The number of rotatable bonds is 3. The molecule has 4 aromatic rings. The second-order valence-corrected chi connectivity index (χ2v) is 9.29. The topological polar surface area (TPSA) is 100 Å². The van der Waals surface area contributed by atoms with Crippen molar-refractivity contribution in [3.05, 3.63) is 81.9 Å². The Morgan fingerprint density at radius 1 is 1.09 bits per heavy atom. The molecule has 3 heterocycles. The molecule has 1 fully saturated rings. The van der Waals surface area contributed by atoms with Crippen molar-refractivity contribution in [1.82, 2.24) is 30.1 Å². The normalized spacial score (nSPS) is 22.5. The molecule has 7 nitrogen and oxygen atoms in total.